The predicted molar refractivity (Wildman–Crippen MR) is 349 cm³/mol. The van der Waals surface area contributed by atoms with Crippen molar-refractivity contribution in [1.82, 2.24) is 51.9 Å². The number of amides is 6. The number of carbonyl (C=O) groups excluding carboxylic acids is 5. The number of carbonyl (C=O) groups is 12. The smallest absolute Gasteiger partial charge is 0.326 e. The zero-order valence-electron chi connectivity index (χ0n) is 52.9. The van der Waals surface area contributed by atoms with Gasteiger partial charge in [0.1, 0.15) is 30.2 Å². The standard InChI is InChI=1S/C64H89N11O19S/c76-52(65-29-13-11-20-48(61(90)91)70-63(94)71-49(62(92)93)27-28-54(78)79)21-9-1-2-10-22-53(77)68-47(60(88)89)19-12-14-30-66-58(86)50(36-42-15-5-3-6-16-42)69-59(87)51(37-43-17-7-4-8-18-43)72-64(95)67-45-25-23-44(24-26-45)35-46-38-74(40-56(82)83)32-31-73(39-55(80)81)33-34-75(46)41-57(84)85/h3-8,15-18,23-26,46-51H,1-2,9-14,19-22,27-41H2,(H,65,76)(H,66,86)(H,68,77)(H,69,87)(H,78,79)(H,80,81)(H,82,83)(H,84,85)(H,88,89)(H,90,91)(H,92,93)(H2,67,72,95)(H2,70,71,94). The number of rotatable bonds is 43. The summed E-state index contributed by atoms with van der Waals surface area (Å²) >= 11 is 5.74. The van der Waals surface area contributed by atoms with E-state index in [9.17, 15) is 88.2 Å². The van der Waals surface area contributed by atoms with Gasteiger partial charge < -0.3 is 78.3 Å². The quantitative estimate of drug-likeness (QED) is 0.0284. The lowest BCUT2D eigenvalue weighted by Gasteiger charge is -2.33. The lowest BCUT2D eigenvalue weighted by molar-refractivity contribution is -0.142. The molecule has 3 aromatic rings. The number of urea groups is 1. The Hall–Kier alpha value is -9.33. The molecule has 1 saturated heterocycles. The van der Waals surface area contributed by atoms with Gasteiger partial charge in [-0.3, -0.25) is 53.1 Å². The highest BCUT2D eigenvalue weighted by molar-refractivity contribution is 7.80. The number of benzene rings is 3. The van der Waals surface area contributed by atoms with Crippen LogP contribution in [0.5, 0.6) is 0 Å². The first-order valence-corrected chi connectivity index (χ1v) is 31.9. The number of unbranched alkanes of at least 4 members (excludes halogenated alkanes) is 5. The van der Waals surface area contributed by atoms with Crippen molar-refractivity contribution in [3.63, 3.8) is 0 Å². The molecule has 1 heterocycles. The molecule has 4 rings (SSSR count). The Morgan fingerprint density at radius 3 is 1.45 bits per heavy atom. The van der Waals surface area contributed by atoms with E-state index < -0.39 is 115 Å². The highest BCUT2D eigenvalue weighted by Gasteiger charge is 2.31. The Labute approximate surface area is 555 Å². The number of carboxylic acid groups (broad SMARTS) is 7. The van der Waals surface area contributed by atoms with Gasteiger partial charge in [-0.15, -0.1) is 0 Å². The number of hydrogen-bond acceptors (Lipinski definition) is 16. The monoisotopic (exact) mass is 1350 g/mol. The number of anilines is 1. The zero-order valence-corrected chi connectivity index (χ0v) is 53.7. The van der Waals surface area contributed by atoms with Crippen LogP contribution in [0.1, 0.15) is 107 Å². The molecule has 6 unspecified atom stereocenters. The molecule has 3 aromatic carbocycles. The normalized spacial score (nSPS) is 15.2. The van der Waals surface area contributed by atoms with Gasteiger partial charge in [0.15, 0.2) is 5.11 Å². The number of nitrogens with zero attached hydrogens (tertiary/aromatic N) is 3. The maximum Gasteiger partial charge on any atom is 0.326 e. The summed E-state index contributed by atoms with van der Waals surface area (Å²) in [5.41, 5.74) is 2.90. The fourth-order valence-electron chi connectivity index (χ4n) is 10.5. The molecule has 6 atom stereocenters. The fourth-order valence-corrected chi connectivity index (χ4v) is 10.8. The summed E-state index contributed by atoms with van der Waals surface area (Å²) in [6.45, 7) is 0.653. The summed E-state index contributed by atoms with van der Waals surface area (Å²) in [4.78, 5) is 152. The number of nitrogens with one attached hydrogen (secondary N) is 8. The van der Waals surface area contributed by atoms with E-state index in [1.165, 1.54) is 0 Å². The molecule has 1 aliphatic heterocycles. The van der Waals surface area contributed by atoms with Gasteiger partial charge in [-0.05, 0) is 105 Å². The third-order valence-corrected chi connectivity index (χ3v) is 15.7. The molecule has 1 aliphatic rings. The second kappa shape index (κ2) is 42.8. The van der Waals surface area contributed by atoms with E-state index in [4.69, 9.17) is 17.3 Å². The van der Waals surface area contributed by atoms with Gasteiger partial charge in [0.25, 0.3) is 0 Å². The topological polar surface area (TPSA) is 452 Å². The first-order valence-electron chi connectivity index (χ1n) is 31.5. The summed E-state index contributed by atoms with van der Waals surface area (Å²) in [5.74, 6) is -10.3. The van der Waals surface area contributed by atoms with Crippen molar-refractivity contribution in [2.45, 2.75) is 145 Å². The van der Waals surface area contributed by atoms with E-state index in [1.807, 2.05) is 60.7 Å². The summed E-state index contributed by atoms with van der Waals surface area (Å²) < 4.78 is 0. The Morgan fingerprint density at radius 1 is 0.432 bits per heavy atom. The van der Waals surface area contributed by atoms with Crippen molar-refractivity contribution < 1.29 is 93.3 Å². The minimum Gasteiger partial charge on any atom is -0.481 e. The minimum atomic E-state index is -1.53. The highest BCUT2D eigenvalue weighted by Crippen LogP contribution is 2.18. The maximum atomic E-state index is 14.4. The Morgan fingerprint density at radius 2 is 0.916 bits per heavy atom. The maximum absolute atomic E-state index is 14.4. The molecule has 0 radical (unpaired) electrons. The molecule has 0 spiro atoms. The van der Waals surface area contributed by atoms with E-state index in [-0.39, 0.29) is 121 Å². The molecule has 0 bridgehead atoms. The SMILES string of the molecule is O=C(O)CCC(NC(=O)NC(CCCCNC(=O)CCCCCCC(=O)NC(CCCCNC(=O)C(Cc1ccccc1)NC(=O)C(Cc1ccccc1)NC(=S)Nc1ccc(CC2CN(CC(=O)O)CCN(CC(=O)O)CCN2CC(=O)O)cc1)C(=O)O)C(=O)O)C(=O)O. The largest absolute Gasteiger partial charge is 0.481 e. The molecule has 0 aliphatic carbocycles. The molecule has 0 aromatic heterocycles. The summed E-state index contributed by atoms with van der Waals surface area (Å²) in [7, 11) is 0. The molecule has 0 saturated carbocycles. The van der Waals surface area contributed by atoms with Crippen molar-refractivity contribution in [3.8, 4) is 0 Å². The van der Waals surface area contributed by atoms with Gasteiger partial charge in [-0.1, -0.05) is 85.6 Å². The molecule has 520 valence electrons. The van der Waals surface area contributed by atoms with Crippen LogP contribution in [-0.2, 0) is 72.0 Å². The van der Waals surface area contributed by atoms with Crippen molar-refractivity contribution in [3.05, 3.63) is 102 Å². The van der Waals surface area contributed by atoms with Gasteiger partial charge in [-0.25, -0.2) is 19.2 Å². The average molecular weight is 1350 g/mol. The van der Waals surface area contributed by atoms with Crippen LogP contribution in [0.3, 0.4) is 0 Å². The lowest BCUT2D eigenvalue weighted by Crippen LogP contribution is -2.55. The second-order valence-corrected chi connectivity index (χ2v) is 23.6. The molecule has 15 N–H and O–H groups in total. The molecular weight excluding hydrogens is 1260 g/mol. The Kier molecular flexibility index (Phi) is 35.2. The van der Waals surface area contributed by atoms with Gasteiger partial charge in [0, 0.05) is 89.6 Å². The van der Waals surface area contributed by atoms with Crippen LogP contribution in [0.2, 0.25) is 0 Å². The number of aliphatic carboxylic acids is 7. The summed E-state index contributed by atoms with van der Waals surface area (Å²) in [5, 5.41) is 88.1. The first-order chi connectivity index (χ1) is 45.3. The molecule has 95 heavy (non-hydrogen) atoms. The predicted octanol–water partition coefficient (Wildman–Crippen LogP) is 1.95. The van der Waals surface area contributed by atoms with Crippen LogP contribution in [0, 0.1) is 0 Å². The van der Waals surface area contributed by atoms with Gasteiger partial charge in [0.2, 0.25) is 23.6 Å². The molecule has 6 amide bonds. The number of carboxylic acids is 7. The fraction of sp³-hybridized carbons (Fsp3) is 0.516. The van der Waals surface area contributed by atoms with Crippen LogP contribution in [0.25, 0.3) is 0 Å². The van der Waals surface area contributed by atoms with Crippen molar-refractivity contribution in [2.75, 3.05) is 70.8 Å². The molecule has 30 nitrogen and oxygen atoms in total. The first kappa shape index (κ1) is 78.1. The van der Waals surface area contributed by atoms with Crippen LogP contribution in [0.15, 0.2) is 84.9 Å². The van der Waals surface area contributed by atoms with Gasteiger partial charge >= 0.3 is 47.8 Å². The van der Waals surface area contributed by atoms with E-state index >= 15 is 0 Å². The van der Waals surface area contributed by atoms with Crippen LogP contribution < -0.4 is 42.5 Å². The third-order valence-electron chi connectivity index (χ3n) is 15.5. The minimum absolute atomic E-state index is 0.0270. The van der Waals surface area contributed by atoms with E-state index in [2.05, 4.69) is 42.5 Å². The lowest BCUT2D eigenvalue weighted by atomic mass is 10.0. The molecule has 1 fully saturated rings. The highest BCUT2D eigenvalue weighted by atomic mass is 32.1. The van der Waals surface area contributed by atoms with Crippen LogP contribution in [0.4, 0.5) is 10.5 Å². The van der Waals surface area contributed by atoms with Gasteiger partial charge in [0.05, 0.1) is 19.6 Å². The molecular formula is C64H89N11O19S. The van der Waals surface area contributed by atoms with Gasteiger partial charge in [-0.2, -0.15) is 0 Å². The van der Waals surface area contributed by atoms with Crippen LogP contribution >= 0.6 is 12.2 Å². The van der Waals surface area contributed by atoms with E-state index in [1.54, 1.807) is 39.0 Å². The summed E-state index contributed by atoms with van der Waals surface area (Å²) in [6.07, 6.45) is 3.45. The molecule has 31 heteroatoms. The Bertz CT molecular complexity index is 3020. The van der Waals surface area contributed by atoms with E-state index in [0.717, 1.165) is 16.7 Å². The van der Waals surface area contributed by atoms with Crippen molar-refractivity contribution >= 4 is 94.5 Å². The third kappa shape index (κ3) is 32.9. The van der Waals surface area contributed by atoms with Crippen molar-refractivity contribution in [1.29, 1.82) is 0 Å². The summed E-state index contributed by atoms with van der Waals surface area (Å²) in [6, 6.07) is 17.7. The van der Waals surface area contributed by atoms with Crippen LogP contribution in [-0.4, -0.2) is 229 Å². The average Bonchev–Trinajstić information content (AvgIpc) is 1.80. The zero-order chi connectivity index (χ0) is 69.7. The Balaban J connectivity index is 1.24. The van der Waals surface area contributed by atoms with E-state index in [0.29, 0.717) is 57.1 Å². The second-order valence-electron chi connectivity index (χ2n) is 23.1. The number of hydrogen-bond donors (Lipinski definition) is 15. The van der Waals surface area contributed by atoms with Crippen molar-refractivity contribution in [2.24, 2.45) is 0 Å². The number of thiocarbonyl (C=S) groups is 1.